The van der Waals surface area contributed by atoms with Gasteiger partial charge in [0.15, 0.2) is 0 Å². The lowest BCUT2D eigenvalue weighted by Gasteiger charge is -2.12. The highest BCUT2D eigenvalue weighted by molar-refractivity contribution is 9.10. The Bertz CT molecular complexity index is 716. The Morgan fingerprint density at radius 1 is 1.14 bits per heavy atom. The van der Waals surface area contributed by atoms with Crippen LogP contribution < -0.4 is 4.72 Å². The van der Waals surface area contributed by atoms with Crippen LogP contribution in [0, 0.1) is 0 Å². The van der Waals surface area contributed by atoms with E-state index in [0.717, 1.165) is 5.56 Å². The number of benzene rings is 2. The van der Waals surface area contributed by atoms with Gasteiger partial charge < -0.3 is 4.74 Å². The number of hydrogen-bond donors (Lipinski definition) is 1. The highest BCUT2D eigenvalue weighted by Crippen LogP contribution is 2.22. The SMILES string of the molecule is CCOCc1ccccc1NS(=O)(=O)c1cccc(Br)c1. The molecule has 1 N–H and O–H groups in total. The van der Waals surface area contributed by atoms with Crippen molar-refractivity contribution >= 4 is 31.6 Å². The third-order valence-electron chi connectivity index (χ3n) is 2.83. The Morgan fingerprint density at radius 2 is 1.90 bits per heavy atom. The van der Waals surface area contributed by atoms with Crippen LogP contribution in [0.2, 0.25) is 0 Å². The van der Waals surface area contributed by atoms with Crippen molar-refractivity contribution in [1.29, 1.82) is 0 Å². The smallest absolute Gasteiger partial charge is 0.261 e. The molecule has 0 aliphatic carbocycles. The quantitative estimate of drug-likeness (QED) is 0.842. The molecule has 2 aromatic carbocycles. The van der Waals surface area contributed by atoms with Crippen molar-refractivity contribution in [3.63, 3.8) is 0 Å². The fourth-order valence-corrected chi connectivity index (χ4v) is 3.49. The largest absolute Gasteiger partial charge is 0.377 e. The van der Waals surface area contributed by atoms with Gasteiger partial charge >= 0.3 is 0 Å². The Morgan fingerprint density at radius 3 is 2.62 bits per heavy atom. The Kier molecular flexibility index (Phi) is 5.39. The molecule has 0 aromatic heterocycles. The molecule has 0 radical (unpaired) electrons. The summed E-state index contributed by atoms with van der Waals surface area (Å²) in [6.07, 6.45) is 0. The molecule has 0 saturated carbocycles. The van der Waals surface area contributed by atoms with Gasteiger partial charge in [0.05, 0.1) is 17.2 Å². The van der Waals surface area contributed by atoms with Gasteiger partial charge in [0.1, 0.15) is 0 Å². The Balaban J connectivity index is 2.29. The van der Waals surface area contributed by atoms with Crippen molar-refractivity contribution in [3.05, 3.63) is 58.6 Å². The molecule has 0 heterocycles. The van der Waals surface area contributed by atoms with Crippen LogP contribution >= 0.6 is 15.9 Å². The van der Waals surface area contributed by atoms with Gasteiger partial charge in [-0.05, 0) is 31.2 Å². The van der Waals surface area contributed by atoms with E-state index in [-0.39, 0.29) is 4.90 Å². The lowest BCUT2D eigenvalue weighted by atomic mass is 10.2. The van der Waals surface area contributed by atoms with E-state index in [9.17, 15) is 8.42 Å². The van der Waals surface area contributed by atoms with Gasteiger partial charge in [-0.15, -0.1) is 0 Å². The van der Waals surface area contributed by atoms with E-state index < -0.39 is 10.0 Å². The molecule has 0 fully saturated rings. The Hall–Kier alpha value is -1.37. The molecule has 0 aliphatic heterocycles. The summed E-state index contributed by atoms with van der Waals surface area (Å²) in [7, 11) is -3.62. The zero-order chi connectivity index (χ0) is 15.3. The van der Waals surface area contributed by atoms with Crippen LogP contribution in [-0.2, 0) is 21.4 Å². The van der Waals surface area contributed by atoms with E-state index in [0.29, 0.717) is 23.4 Å². The average Bonchev–Trinajstić information content (AvgIpc) is 2.46. The first kappa shape index (κ1) is 16.0. The van der Waals surface area contributed by atoms with E-state index in [1.165, 1.54) is 0 Å². The topological polar surface area (TPSA) is 55.4 Å². The summed E-state index contributed by atoms with van der Waals surface area (Å²) in [6.45, 7) is 2.84. The summed E-state index contributed by atoms with van der Waals surface area (Å²) in [4.78, 5) is 0.211. The van der Waals surface area contributed by atoms with Crippen molar-refractivity contribution in [1.82, 2.24) is 0 Å². The summed E-state index contributed by atoms with van der Waals surface area (Å²) >= 11 is 3.28. The third-order valence-corrected chi connectivity index (χ3v) is 4.69. The summed E-state index contributed by atoms with van der Waals surface area (Å²) < 4.78 is 33.5. The van der Waals surface area contributed by atoms with Gasteiger partial charge in [-0.1, -0.05) is 40.2 Å². The lowest BCUT2D eigenvalue weighted by molar-refractivity contribution is 0.134. The second kappa shape index (κ2) is 7.06. The van der Waals surface area contributed by atoms with E-state index in [1.54, 1.807) is 36.4 Å². The van der Waals surface area contributed by atoms with E-state index in [2.05, 4.69) is 20.7 Å². The molecule has 112 valence electrons. The van der Waals surface area contributed by atoms with Crippen LogP contribution in [0.3, 0.4) is 0 Å². The zero-order valence-corrected chi connectivity index (χ0v) is 13.9. The highest BCUT2D eigenvalue weighted by atomic mass is 79.9. The number of ether oxygens (including phenoxy) is 1. The minimum atomic E-state index is -3.62. The molecule has 0 atom stereocenters. The molecular formula is C15H16BrNO3S. The number of sulfonamides is 1. The lowest BCUT2D eigenvalue weighted by Crippen LogP contribution is -2.14. The van der Waals surface area contributed by atoms with Crippen LogP contribution in [-0.4, -0.2) is 15.0 Å². The molecule has 0 amide bonds. The first-order valence-corrected chi connectivity index (χ1v) is 8.74. The van der Waals surface area contributed by atoms with E-state index >= 15 is 0 Å². The summed E-state index contributed by atoms with van der Waals surface area (Å²) in [6, 6.07) is 13.8. The zero-order valence-electron chi connectivity index (χ0n) is 11.5. The molecule has 0 bridgehead atoms. The predicted molar refractivity (Wildman–Crippen MR) is 86.7 cm³/mol. The number of nitrogens with one attached hydrogen (secondary N) is 1. The van der Waals surface area contributed by atoms with E-state index in [4.69, 9.17) is 4.74 Å². The second-order valence-corrected chi connectivity index (χ2v) is 6.96. The van der Waals surface area contributed by atoms with Gasteiger partial charge in [-0.25, -0.2) is 8.42 Å². The molecular weight excluding hydrogens is 354 g/mol. The number of halogens is 1. The maximum atomic E-state index is 12.4. The summed E-state index contributed by atoms with van der Waals surface area (Å²) in [5.41, 5.74) is 1.34. The standard InChI is InChI=1S/C15H16BrNO3S/c1-2-20-11-12-6-3-4-9-15(12)17-21(18,19)14-8-5-7-13(16)10-14/h3-10,17H,2,11H2,1H3. The van der Waals surface area contributed by atoms with Crippen molar-refractivity contribution in [2.24, 2.45) is 0 Å². The number of para-hydroxylation sites is 1. The fraction of sp³-hybridized carbons (Fsp3) is 0.200. The minimum absolute atomic E-state index is 0.211. The number of hydrogen-bond acceptors (Lipinski definition) is 3. The molecule has 0 aliphatic rings. The number of rotatable bonds is 6. The van der Waals surface area contributed by atoms with Gasteiger partial charge in [-0.2, -0.15) is 0 Å². The van der Waals surface area contributed by atoms with Crippen LogP contribution in [0.5, 0.6) is 0 Å². The third kappa shape index (κ3) is 4.30. The molecule has 0 unspecified atom stereocenters. The first-order valence-electron chi connectivity index (χ1n) is 6.47. The average molecular weight is 370 g/mol. The second-order valence-electron chi connectivity index (χ2n) is 4.36. The minimum Gasteiger partial charge on any atom is -0.377 e. The van der Waals surface area contributed by atoms with Crippen molar-refractivity contribution in [2.45, 2.75) is 18.4 Å². The van der Waals surface area contributed by atoms with Crippen LogP contribution in [0.1, 0.15) is 12.5 Å². The Labute approximate surface area is 133 Å². The van der Waals surface area contributed by atoms with Crippen LogP contribution in [0.25, 0.3) is 0 Å². The van der Waals surface area contributed by atoms with Gasteiger partial charge in [0, 0.05) is 16.6 Å². The monoisotopic (exact) mass is 369 g/mol. The van der Waals surface area contributed by atoms with Crippen molar-refractivity contribution < 1.29 is 13.2 Å². The van der Waals surface area contributed by atoms with Crippen molar-refractivity contribution in [2.75, 3.05) is 11.3 Å². The van der Waals surface area contributed by atoms with Gasteiger partial charge in [0.2, 0.25) is 0 Å². The molecule has 2 aromatic rings. The van der Waals surface area contributed by atoms with Crippen LogP contribution in [0.15, 0.2) is 57.9 Å². The normalized spacial score (nSPS) is 11.3. The molecule has 4 nitrogen and oxygen atoms in total. The fourth-order valence-electron chi connectivity index (χ4n) is 1.80. The van der Waals surface area contributed by atoms with Crippen molar-refractivity contribution in [3.8, 4) is 0 Å². The maximum absolute atomic E-state index is 12.4. The van der Waals surface area contributed by atoms with E-state index in [1.807, 2.05) is 19.1 Å². The van der Waals surface area contributed by atoms with Gasteiger partial charge in [-0.3, -0.25) is 4.72 Å². The van der Waals surface area contributed by atoms with Crippen LogP contribution in [0.4, 0.5) is 5.69 Å². The molecule has 0 spiro atoms. The highest BCUT2D eigenvalue weighted by Gasteiger charge is 2.16. The predicted octanol–water partition coefficient (Wildman–Crippen LogP) is 3.79. The summed E-state index contributed by atoms with van der Waals surface area (Å²) in [5.74, 6) is 0. The van der Waals surface area contributed by atoms with Gasteiger partial charge in [0.25, 0.3) is 10.0 Å². The molecule has 2 rings (SSSR count). The number of anilines is 1. The summed E-state index contributed by atoms with van der Waals surface area (Å²) in [5, 5.41) is 0. The maximum Gasteiger partial charge on any atom is 0.261 e. The molecule has 6 heteroatoms. The molecule has 21 heavy (non-hydrogen) atoms. The first-order chi connectivity index (χ1) is 10.0. The molecule has 0 saturated heterocycles.